The number of ether oxygens (including phenoxy) is 1. The molecule has 0 aliphatic carbocycles. The number of benzene rings is 1. The van der Waals surface area contributed by atoms with Crippen molar-refractivity contribution in [1.29, 1.82) is 0 Å². The summed E-state index contributed by atoms with van der Waals surface area (Å²) < 4.78 is 5.21. The normalized spacial score (nSPS) is 11.8. The molecule has 3 rings (SSSR count). The van der Waals surface area contributed by atoms with Gasteiger partial charge in [0.1, 0.15) is 11.3 Å². The SMILES string of the molecule is CCCCC(NC(=O)c1ccc(-c2cccs2)[nH]c1=O)c1ccc(OC)cc1. The van der Waals surface area contributed by atoms with E-state index < -0.39 is 0 Å². The van der Waals surface area contributed by atoms with E-state index in [4.69, 9.17) is 4.74 Å². The Morgan fingerprint density at radius 1 is 1.18 bits per heavy atom. The molecule has 3 aromatic rings. The van der Waals surface area contributed by atoms with Crippen LogP contribution in [0.2, 0.25) is 0 Å². The summed E-state index contributed by atoms with van der Waals surface area (Å²) in [5, 5.41) is 4.97. The van der Waals surface area contributed by atoms with Gasteiger partial charge in [0.05, 0.1) is 23.7 Å². The number of aromatic nitrogens is 1. The van der Waals surface area contributed by atoms with E-state index in [0.717, 1.165) is 35.5 Å². The summed E-state index contributed by atoms with van der Waals surface area (Å²) >= 11 is 1.54. The number of nitrogens with one attached hydrogen (secondary N) is 2. The van der Waals surface area contributed by atoms with Gasteiger partial charge in [0, 0.05) is 0 Å². The summed E-state index contributed by atoms with van der Waals surface area (Å²) in [5.41, 5.74) is 1.45. The van der Waals surface area contributed by atoms with Gasteiger partial charge in [-0.2, -0.15) is 0 Å². The highest BCUT2D eigenvalue weighted by Crippen LogP contribution is 2.23. The van der Waals surface area contributed by atoms with Crippen LogP contribution < -0.4 is 15.6 Å². The van der Waals surface area contributed by atoms with Crippen LogP contribution in [0.4, 0.5) is 0 Å². The number of hydrogen-bond donors (Lipinski definition) is 2. The lowest BCUT2D eigenvalue weighted by Gasteiger charge is -2.19. The molecule has 2 heterocycles. The second kappa shape index (κ2) is 9.37. The lowest BCUT2D eigenvalue weighted by molar-refractivity contribution is 0.0932. The average Bonchev–Trinajstić information content (AvgIpc) is 3.26. The minimum Gasteiger partial charge on any atom is -0.497 e. The molecule has 1 amide bonds. The van der Waals surface area contributed by atoms with Crippen LogP contribution in [0.3, 0.4) is 0 Å². The highest BCUT2D eigenvalue weighted by molar-refractivity contribution is 7.13. The summed E-state index contributed by atoms with van der Waals surface area (Å²) in [6.07, 6.45) is 2.81. The Bertz CT molecular complexity index is 962. The minimum atomic E-state index is -0.382. The van der Waals surface area contributed by atoms with Crippen molar-refractivity contribution in [1.82, 2.24) is 10.3 Å². The van der Waals surface area contributed by atoms with Crippen LogP contribution in [0.25, 0.3) is 10.6 Å². The molecule has 1 aromatic carbocycles. The molecule has 0 aliphatic heterocycles. The largest absolute Gasteiger partial charge is 0.497 e. The lowest BCUT2D eigenvalue weighted by Crippen LogP contribution is -2.32. The maximum absolute atomic E-state index is 12.8. The molecule has 0 saturated heterocycles. The fraction of sp³-hybridized carbons (Fsp3) is 0.273. The number of rotatable bonds is 8. The van der Waals surface area contributed by atoms with Crippen LogP contribution in [0.15, 0.2) is 58.7 Å². The van der Waals surface area contributed by atoms with Gasteiger partial charge < -0.3 is 15.0 Å². The number of carbonyl (C=O) groups excluding carboxylic acids is 1. The van der Waals surface area contributed by atoms with Crippen LogP contribution in [0.1, 0.15) is 48.1 Å². The van der Waals surface area contributed by atoms with Crippen LogP contribution >= 0.6 is 11.3 Å². The highest BCUT2D eigenvalue weighted by atomic mass is 32.1. The molecule has 0 spiro atoms. The quantitative estimate of drug-likeness (QED) is 0.576. The third kappa shape index (κ3) is 4.70. The molecule has 5 nitrogen and oxygen atoms in total. The number of aromatic amines is 1. The van der Waals surface area contributed by atoms with E-state index >= 15 is 0 Å². The zero-order chi connectivity index (χ0) is 19.9. The van der Waals surface area contributed by atoms with Gasteiger partial charge in [-0.05, 0) is 47.7 Å². The first-order valence-corrected chi connectivity index (χ1v) is 10.2. The Morgan fingerprint density at radius 3 is 2.57 bits per heavy atom. The van der Waals surface area contributed by atoms with Crippen molar-refractivity contribution < 1.29 is 9.53 Å². The van der Waals surface area contributed by atoms with E-state index in [2.05, 4.69) is 17.2 Å². The van der Waals surface area contributed by atoms with Crippen molar-refractivity contribution in [3.63, 3.8) is 0 Å². The minimum absolute atomic E-state index is 0.121. The summed E-state index contributed by atoms with van der Waals surface area (Å²) in [7, 11) is 1.62. The van der Waals surface area contributed by atoms with Crippen LogP contribution in [-0.4, -0.2) is 18.0 Å². The Hall–Kier alpha value is -2.86. The van der Waals surface area contributed by atoms with Crippen molar-refractivity contribution in [2.24, 2.45) is 0 Å². The Kier molecular flexibility index (Phi) is 6.66. The first-order valence-electron chi connectivity index (χ1n) is 9.34. The van der Waals surface area contributed by atoms with Gasteiger partial charge in [-0.1, -0.05) is 38.0 Å². The van der Waals surface area contributed by atoms with Crippen LogP contribution in [0.5, 0.6) is 5.75 Å². The number of H-pyrrole nitrogens is 1. The topological polar surface area (TPSA) is 71.2 Å². The van der Waals surface area contributed by atoms with Crippen molar-refractivity contribution in [2.45, 2.75) is 32.2 Å². The van der Waals surface area contributed by atoms with Crippen LogP contribution in [-0.2, 0) is 0 Å². The molecule has 0 saturated carbocycles. The van der Waals surface area contributed by atoms with Gasteiger partial charge in [0.25, 0.3) is 11.5 Å². The number of thiophene rings is 1. The first kappa shape index (κ1) is 19.9. The molecule has 0 radical (unpaired) electrons. The molecule has 0 aliphatic rings. The third-order valence-electron chi connectivity index (χ3n) is 4.61. The summed E-state index contributed by atoms with van der Waals surface area (Å²) in [6, 6.07) is 14.7. The number of methoxy groups -OCH3 is 1. The third-order valence-corrected chi connectivity index (χ3v) is 5.51. The molecule has 146 valence electrons. The Labute approximate surface area is 168 Å². The van der Waals surface area contributed by atoms with E-state index in [1.807, 2.05) is 41.8 Å². The van der Waals surface area contributed by atoms with Crippen molar-refractivity contribution in [2.75, 3.05) is 7.11 Å². The van der Waals surface area contributed by atoms with Crippen LogP contribution in [0, 0.1) is 0 Å². The molecule has 1 unspecified atom stereocenters. The fourth-order valence-corrected chi connectivity index (χ4v) is 3.74. The average molecular weight is 397 g/mol. The van der Waals surface area contributed by atoms with Gasteiger partial charge in [-0.25, -0.2) is 0 Å². The molecular weight excluding hydrogens is 372 g/mol. The van der Waals surface area contributed by atoms with Crippen molar-refractivity contribution in [3.8, 4) is 16.3 Å². The standard InChI is InChI=1S/C22H24N2O3S/c1-3-4-6-18(15-8-10-16(27-2)11-9-15)23-21(25)17-12-13-19(24-22(17)26)20-7-5-14-28-20/h5,7-14,18H,3-4,6H2,1-2H3,(H,23,25)(H,24,26). The van der Waals surface area contributed by atoms with E-state index in [0.29, 0.717) is 5.69 Å². The number of carbonyl (C=O) groups is 1. The fourth-order valence-electron chi connectivity index (χ4n) is 3.03. The second-order valence-electron chi connectivity index (χ2n) is 6.53. The predicted molar refractivity (Wildman–Crippen MR) is 113 cm³/mol. The smallest absolute Gasteiger partial charge is 0.261 e. The summed E-state index contributed by atoms with van der Waals surface area (Å²) in [4.78, 5) is 29.0. The maximum Gasteiger partial charge on any atom is 0.261 e. The predicted octanol–water partition coefficient (Wildman–Crippen LogP) is 4.77. The molecule has 6 heteroatoms. The summed E-state index contributed by atoms with van der Waals surface area (Å²) in [6.45, 7) is 2.11. The molecule has 0 bridgehead atoms. The summed E-state index contributed by atoms with van der Waals surface area (Å²) in [5.74, 6) is 0.404. The Balaban J connectivity index is 1.80. The van der Waals surface area contributed by atoms with Crippen molar-refractivity contribution >= 4 is 17.2 Å². The van der Waals surface area contributed by atoms with Crippen molar-refractivity contribution in [3.05, 3.63) is 75.4 Å². The molecule has 28 heavy (non-hydrogen) atoms. The monoisotopic (exact) mass is 396 g/mol. The zero-order valence-electron chi connectivity index (χ0n) is 16.0. The van der Waals surface area contributed by atoms with E-state index in [9.17, 15) is 9.59 Å². The number of amides is 1. The van der Waals surface area contributed by atoms with Gasteiger partial charge in [-0.3, -0.25) is 9.59 Å². The number of pyridine rings is 1. The maximum atomic E-state index is 12.8. The van der Waals surface area contributed by atoms with E-state index in [1.54, 1.807) is 19.2 Å². The molecule has 2 aromatic heterocycles. The van der Waals surface area contributed by atoms with Gasteiger partial charge in [-0.15, -0.1) is 11.3 Å². The van der Waals surface area contributed by atoms with Gasteiger partial charge in [0.2, 0.25) is 0 Å². The van der Waals surface area contributed by atoms with E-state index in [-0.39, 0.29) is 23.1 Å². The second-order valence-corrected chi connectivity index (χ2v) is 7.48. The Morgan fingerprint density at radius 2 is 1.96 bits per heavy atom. The molecular formula is C22H24N2O3S. The molecule has 0 fully saturated rings. The van der Waals surface area contributed by atoms with E-state index in [1.165, 1.54) is 11.3 Å². The first-order chi connectivity index (χ1) is 13.6. The zero-order valence-corrected chi connectivity index (χ0v) is 16.8. The number of unbranched alkanes of at least 4 members (excludes halogenated alkanes) is 1. The highest BCUT2D eigenvalue weighted by Gasteiger charge is 2.18. The lowest BCUT2D eigenvalue weighted by atomic mass is 10.0. The van der Waals surface area contributed by atoms with Gasteiger partial charge in [0.15, 0.2) is 0 Å². The number of hydrogen-bond acceptors (Lipinski definition) is 4. The van der Waals surface area contributed by atoms with Gasteiger partial charge >= 0.3 is 0 Å². The molecule has 1 atom stereocenters. The molecule has 2 N–H and O–H groups in total.